The Morgan fingerprint density at radius 1 is 0.500 bits per heavy atom. The number of rotatable bonds is 4. The summed E-state index contributed by atoms with van der Waals surface area (Å²) in [6, 6.07) is 0. The maximum absolute atomic E-state index is 8.95. The van der Waals surface area contributed by atoms with Gasteiger partial charge in [0.2, 0.25) is 0 Å². The first kappa shape index (κ1) is 76.8. The summed E-state index contributed by atoms with van der Waals surface area (Å²) in [6.45, 7) is 0. The molecular formula is H10B4Na2O12. The van der Waals surface area contributed by atoms with Gasteiger partial charge in [0.1, 0.15) is 0 Å². The summed E-state index contributed by atoms with van der Waals surface area (Å²) in [5.41, 5.74) is 0. The van der Waals surface area contributed by atoms with E-state index in [4.69, 9.17) is 18.8 Å². The van der Waals surface area contributed by atoms with Gasteiger partial charge in [-0.05, 0) is 0 Å². The van der Waals surface area contributed by atoms with E-state index in [1.165, 1.54) is 0 Å². The molecule has 0 aliphatic heterocycles. The average Bonchev–Trinajstić information content (AvgIpc) is 1.93. The van der Waals surface area contributed by atoms with Crippen LogP contribution in [0.5, 0.6) is 0 Å². The van der Waals surface area contributed by atoms with Crippen molar-refractivity contribution in [2.45, 2.75) is 0 Å². The maximum Gasteiger partial charge on any atom is 1.00 e. The zero-order valence-corrected chi connectivity index (χ0v) is 13.7. The molecule has 0 amide bonds. The Hall–Kier alpha value is 0.820. The topological polar surface area (TPSA) is 273 Å². The van der Waals surface area contributed by atoms with Gasteiger partial charge in [-0.15, -0.1) is 0 Å². The van der Waals surface area contributed by atoms with Gasteiger partial charge in [0, 0.05) is 0 Å². The molecule has 0 fully saturated rings. The van der Waals surface area contributed by atoms with Gasteiger partial charge in [0.25, 0.3) is 0 Å². The van der Waals surface area contributed by atoms with E-state index in [-0.39, 0.29) is 121 Å². The molecular weight excluding hydrogens is 281 g/mol. The van der Waals surface area contributed by atoms with Crippen molar-refractivity contribution in [3.63, 3.8) is 0 Å². The zero-order valence-electron chi connectivity index (χ0n) is 9.67. The molecule has 0 aliphatic rings. The third-order valence-electron chi connectivity index (χ3n) is 0.222. The fraction of sp³-hybridized carbons (Fsp3) is 0. The quantitative estimate of drug-likeness (QED) is 0.452. The molecule has 18 heteroatoms. The standard InChI is InChI=1S/2B2O3.2Na.5H2O.O/c2*3-1-5-2-4;;;;;;;;/h;;;;5*1H2;/q;;2*+1;;;;;;-2. The maximum atomic E-state index is 8.95. The monoisotopic (exact) mass is 292 g/mol. The van der Waals surface area contributed by atoms with Gasteiger partial charge >= 0.3 is 116 Å². The van der Waals surface area contributed by atoms with Crippen molar-refractivity contribution in [1.82, 2.24) is 0 Å². The molecule has 0 atom stereocenters. The van der Waals surface area contributed by atoms with Gasteiger partial charge in [0.05, 0.1) is 0 Å². The van der Waals surface area contributed by atoms with Crippen LogP contribution in [0, 0.1) is 0 Å². The van der Waals surface area contributed by atoms with Crippen molar-refractivity contribution in [2.75, 3.05) is 0 Å². The predicted molar refractivity (Wildman–Crippen MR) is 46.7 cm³/mol. The van der Waals surface area contributed by atoms with E-state index in [0.717, 1.165) is 0 Å². The molecule has 12 nitrogen and oxygen atoms in total. The van der Waals surface area contributed by atoms with Gasteiger partial charge in [0.15, 0.2) is 0 Å². The van der Waals surface area contributed by atoms with Crippen LogP contribution >= 0.6 is 0 Å². The van der Waals surface area contributed by atoms with Crippen LogP contribution in [0.15, 0.2) is 0 Å². The summed E-state index contributed by atoms with van der Waals surface area (Å²) < 4.78 is 42.8. The van der Waals surface area contributed by atoms with E-state index in [9.17, 15) is 0 Å². The molecule has 10 N–H and O–H groups in total. The Labute approximate surface area is 148 Å². The molecule has 0 bridgehead atoms. The fourth-order valence-electron chi connectivity index (χ4n) is 0.0454. The van der Waals surface area contributed by atoms with Crippen LogP contribution in [0.1, 0.15) is 0 Å². The SMILES string of the molecule is O.O.O.O.O.O=BOB=O.O=BOB=O.[Na+].[Na+].[O-2]. The summed E-state index contributed by atoms with van der Waals surface area (Å²) in [6.07, 6.45) is 0. The van der Waals surface area contributed by atoms with E-state index >= 15 is 0 Å². The van der Waals surface area contributed by atoms with Crippen LogP contribution in [0.2, 0.25) is 0 Å². The minimum absolute atomic E-state index is 0. The first-order chi connectivity index (χ1) is 4.83. The second-order valence-electron chi connectivity index (χ2n) is 0.657. The summed E-state index contributed by atoms with van der Waals surface area (Å²) in [7, 11) is 0.250. The zero-order chi connectivity index (χ0) is 8.24. The van der Waals surface area contributed by atoms with Crippen molar-refractivity contribution >= 4 is 29.4 Å². The number of hydrogen-bond donors (Lipinski definition) is 0. The van der Waals surface area contributed by atoms with Gasteiger partial charge in [-0.1, -0.05) is 0 Å². The summed E-state index contributed by atoms with van der Waals surface area (Å²) in [5, 5.41) is 0. The van der Waals surface area contributed by atoms with E-state index < -0.39 is 0 Å². The Morgan fingerprint density at radius 2 is 0.611 bits per heavy atom. The normalized spacial score (nSPS) is 2.22. The predicted octanol–water partition coefficient (Wildman–Crippen LogP) is -12.4. The molecule has 0 unspecified atom stereocenters. The smallest absolute Gasteiger partial charge is 1.00 e. The largest absolute Gasteiger partial charge is 2.00 e. The minimum Gasteiger partial charge on any atom is -2.00 e. The van der Waals surface area contributed by atoms with Crippen LogP contribution in [0.4, 0.5) is 0 Å². The molecule has 0 rings (SSSR count). The van der Waals surface area contributed by atoms with Crippen LogP contribution < -0.4 is 59.1 Å². The van der Waals surface area contributed by atoms with Crippen molar-refractivity contribution in [1.29, 1.82) is 0 Å². The fourth-order valence-corrected chi connectivity index (χ4v) is 0.0454. The van der Waals surface area contributed by atoms with E-state index in [1.54, 1.807) is 0 Å². The summed E-state index contributed by atoms with van der Waals surface area (Å²) in [5.74, 6) is 0. The van der Waals surface area contributed by atoms with Crippen molar-refractivity contribution in [2.24, 2.45) is 0 Å². The Morgan fingerprint density at radius 3 is 0.611 bits per heavy atom. The molecule has 0 aliphatic carbocycles. The molecule has 0 aromatic rings. The minimum atomic E-state index is 0. The van der Waals surface area contributed by atoms with Gasteiger partial charge < -0.3 is 32.9 Å². The van der Waals surface area contributed by atoms with Crippen LogP contribution in [0.25, 0.3) is 0 Å². The van der Waals surface area contributed by atoms with Crippen LogP contribution in [0.3, 0.4) is 0 Å². The second-order valence-corrected chi connectivity index (χ2v) is 0.657. The molecule has 0 saturated heterocycles. The molecule has 0 saturated carbocycles. The Balaban J connectivity index is -0.00000000615. The van der Waals surface area contributed by atoms with Crippen molar-refractivity contribution in [3.05, 3.63) is 0 Å². The third-order valence-corrected chi connectivity index (χ3v) is 0.222. The van der Waals surface area contributed by atoms with E-state index in [2.05, 4.69) is 9.14 Å². The van der Waals surface area contributed by atoms with Crippen LogP contribution in [-0.4, -0.2) is 56.8 Å². The first-order valence-corrected chi connectivity index (χ1v) is 1.89. The van der Waals surface area contributed by atoms with Gasteiger partial charge in [-0.25, -0.2) is 0 Å². The third kappa shape index (κ3) is 181. The molecule has 0 spiro atoms. The molecule has 0 heterocycles. The van der Waals surface area contributed by atoms with Gasteiger partial charge in [-0.3, -0.25) is 0 Å². The molecule has 0 radical (unpaired) electrons. The molecule has 0 aromatic carbocycles. The molecule has 0 aromatic heterocycles. The summed E-state index contributed by atoms with van der Waals surface area (Å²) in [4.78, 5) is 0. The van der Waals surface area contributed by atoms with E-state index in [1.807, 2.05) is 0 Å². The first-order valence-electron chi connectivity index (χ1n) is 1.89. The van der Waals surface area contributed by atoms with Crippen molar-refractivity contribution in [3.8, 4) is 0 Å². The second kappa shape index (κ2) is 108. The number of hydrogen-bond acceptors (Lipinski definition) is 6. The summed E-state index contributed by atoms with van der Waals surface area (Å²) >= 11 is 0. The average molecular weight is 291 g/mol. The Kier molecular flexibility index (Phi) is 463. The molecule has 18 heavy (non-hydrogen) atoms. The Bertz CT molecular complexity index is 94.6. The molecule has 96 valence electrons. The van der Waals surface area contributed by atoms with Crippen molar-refractivity contribution < 1.29 is 120 Å². The van der Waals surface area contributed by atoms with E-state index in [0.29, 0.717) is 0 Å². The van der Waals surface area contributed by atoms with Crippen LogP contribution in [-0.2, 0) is 33.4 Å². The van der Waals surface area contributed by atoms with Gasteiger partial charge in [-0.2, -0.15) is 0 Å².